The van der Waals surface area contributed by atoms with E-state index in [1.165, 1.54) is 16.8 Å². The van der Waals surface area contributed by atoms with Gasteiger partial charge in [-0.2, -0.15) is 0 Å². The van der Waals surface area contributed by atoms with Crippen LogP contribution in [0.1, 0.15) is 41.9 Å². The van der Waals surface area contributed by atoms with Gasteiger partial charge < -0.3 is 19.7 Å². The first kappa shape index (κ1) is 25.0. The van der Waals surface area contributed by atoms with Gasteiger partial charge in [0.2, 0.25) is 5.91 Å². The molecule has 0 spiro atoms. The number of piperazine rings is 1. The van der Waals surface area contributed by atoms with Gasteiger partial charge >= 0.3 is 0 Å². The molecule has 7 heteroatoms. The number of rotatable bonds is 8. The lowest BCUT2D eigenvalue weighted by atomic mass is 10.1. The summed E-state index contributed by atoms with van der Waals surface area (Å²) in [5.74, 6) is 0.936. The largest absolute Gasteiger partial charge is 0.369 e. The number of benzene rings is 2. The maximum atomic E-state index is 12.9. The zero-order chi connectivity index (χ0) is 25.8. The molecule has 0 aliphatic carbocycles. The highest BCUT2D eigenvalue weighted by atomic mass is 16.1. The number of aromatic nitrogens is 3. The molecule has 1 N–H and O–H groups in total. The van der Waals surface area contributed by atoms with Gasteiger partial charge in [0.1, 0.15) is 5.82 Å². The molecular weight excluding hydrogens is 460 g/mol. The van der Waals surface area contributed by atoms with E-state index >= 15 is 0 Å². The molecule has 0 saturated carbocycles. The molecule has 1 amide bonds. The molecule has 5 rings (SSSR count). The highest BCUT2D eigenvalue weighted by Crippen LogP contribution is 2.22. The van der Waals surface area contributed by atoms with E-state index in [1.807, 2.05) is 19.2 Å². The van der Waals surface area contributed by atoms with E-state index in [1.54, 1.807) is 6.20 Å². The van der Waals surface area contributed by atoms with Crippen LogP contribution < -0.4 is 10.2 Å². The summed E-state index contributed by atoms with van der Waals surface area (Å²) in [4.78, 5) is 26.8. The Kier molecular flexibility index (Phi) is 7.51. The number of nitrogens with one attached hydrogen (secondary N) is 1. The summed E-state index contributed by atoms with van der Waals surface area (Å²) in [7, 11) is 2.17. The summed E-state index contributed by atoms with van der Waals surface area (Å²) >= 11 is 0. The second-order valence-electron chi connectivity index (χ2n) is 10.1. The average Bonchev–Trinajstić information content (AvgIpc) is 3.26. The van der Waals surface area contributed by atoms with Crippen molar-refractivity contribution in [1.82, 2.24) is 24.8 Å². The molecule has 0 unspecified atom stereocenters. The number of aryl methyl sites for hydroxylation is 2. The number of fused-ring (bicyclic) bond motifs is 1. The van der Waals surface area contributed by atoms with E-state index in [-0.39, 0.29) is 11.9 Å². The monoisotopic (exact) mass is 496 g/mol. The van der Waals surface area contributed by atoms with Crippen LogP contribution in [0.3, 0.4) is 0 Å². The summed E-state index contributed by atoms with van der Waals surface area (Å²) in [5, 5.41) is 3.17. The van der Waals surface area contributed by atoms with Gasteiger partial charge in [-0.15, -0.1) is 0 Å². The average molecular weight is 497 g/mol. The van der Waals surface area contributed by atoms with Crippen molar-refractivity contribution in [3.63, 3.8) is 0 Å². The summed E-state index contributed by atoms with van der Waals surface area (Å²) < 4.78 is 2.18. The molecule has 37 heavy (non-hydrogen) atoms. The lowest BCUT2D eigenvalue weighted by Crippen LogP contribution is -2.44. The molecule has 4 aromatic rings. The fourth-order valence-electron chi connectivity index (χ4n) is 4.92. The van der Waals surface area contributed by atoms with Gasteiger partial charge in [-0.3, -0.25) is 9.78 Å². The van der Waals surface area contributed by atoms with Crippen LogP contribution in [0.15, 0.2) is 67.0 Å². The Morgan fingerprint density at radius 1 is 1.00 bits per heavy atom. The molecule has 2 aromatic carbocycles. The maximum absolute atomic E-state index is 12.9. The van der Waals surface area contributed by atoms with Crippen molar-refractivity contribution in [2.24, 2.45) is 0 Å². The number of pyridine rings is 1. The fourth-order valence-corrected chi connectivity index (χ4v) is 4.92. The molecule has 192 valence electrons. The van der Waals surface area contributed by atoms with Crippen molar-refractivity contribution >= 4 is 22.6 Å². The Bertz CT molecular complexity index is 1340. The molecule has 1 fully saturated rings. The first-order valence-electron chi connectivity index (χ1n) is 13.1. The Hall–Kier alpha value is -3.71. The highest BCUT2D eigenvalue weighted by molar-refractivity contribution is 5.77. The summed E-state index contributed by atoms with van der Waals surface area (Å²) in [5.41, 5.74) is 6.70. The molecule has 1 saturated heterocycles. The Balaban J connectivity index is 1.21. The third-order valence-corrected chi connectivity index (χ3v) is 7.31. The van der Waals surface area contributed by atoms with Gasteiger partial charge in [0.15, 0.2) is 0 Å². The third-order valence-electron chi connectivity index (χ3n) is 7.31. The SMILES string of the molecule is Cc1ccc(Cn2c(CCC(=O)N[C@@H](C)c3ccc(N4CCN(C)CC4)cc3)nc3ccncc32)cc1. The third kappa shape index (κ3) is 6.00. The molecule has 1 aliphatic rings. The maximum Gasteiger partial charge on any atom is 0.220 e. The number of hydrogen-bond donors (Lipinski definition) is 1. The quantitative estimate of drug-likeness (QED) is 0.393. The summed E-state index contributed by atoms with van der Waals surface area (Å²) in [6, 6.07) is 19.0. The molecule has 3 heterocycles. The van der Waals surface area contributed by atoms with Crippen molar-refractivity contribution in [3.05, 3.63) is 89.5 Å². The van der Waals surface area contributed by atoms with Crippen LogP contribution in [0.4, 0.5) is 5.69 Å². The number of anilines is 1. The van der Waals surface area contributed by atoms with Gasteiger partial charge in [-0.05, 0) is 50.2 Å². The van der Waals surface area contributed by atoms with Crippen molar-refractivity contribution in [3.8, 4) is 0 Å². The Morgan fingerprint density at radius 3 is 2.46 bits per heavy atom. The Labute approximate surface area is 219 Å². The van der Waals surface area contributed by atoms with Gasteiger partial charge in [-0.1, -0.05) is 42.0 Å². The molecule has 0 bridgehead atoms. The predicted molar refractivity (Wildman–Crippen MR) is 149 cm³/mol. The summed E-state index contributed by atoms with van der Waals surface area (Å²) in [6.45, 7) is 9.11. The van der Waals surface area contributed by atoms with Crippen LogP contribution >= 0.6 is 0 Å². The lowest BCUT2D eigenvalue weighted by Gasteiger charge is -2.34. The molecule has 0 radical (unpaired) electrons. The first-order chi connectivity index (χ1) is 18.0. The highest BCUT2D eigenvalue weighted by Gasteiger charge is 2.17. The molecule has 2 aromatic heterocycles. The van der Waals surface area contributed by atoms with Gasteiger partial charge in [0, 0.05) is 57.4 Å². The second-order valence-corrected chi connectivity index (χ2v) is 10.1. The summed E-state index contributed by atoms with van der Waals surface area (Å²) in [6.07, 6.45) is 4.57. The fraction of sp³-hybridized carbons (Fsp3) is 0.367. The smallest absolute Gasteiger partial charge is 0.220 e. The standard InChI is InChI=1S/C30H36N6O/c1-22-4-6-24(7-5-22)21-36-28-20-31-15-14-27(28)33-29(36)12-13-30(37)32-23(2)25-8-10-26(11-9-25)35-18-16-34(3)17-19-35/h4-11,14-15,20,23H,12-13,16-19,21H2,1-3H3,(H,32,37)/t23-/m0/s1. The van der Waals surface area contributed by atoms with Crippen molar-refractivity contribution < 1.29 is 4.79 Å². The van der Waals surface area contributed by atoms with Crippen molar-refractivity contribution in [2.75, 3.05) is 38.1 Å². The first-order valence-corrected chi connectivity index (χ1v) is 13.1. The van der Waals surface area contributed by atoms with E-state index < -0.39 is 0 Å². The zero-order valence-corrected chi connectivity index (χ0v) is 22.0. The van der Waals surface area contributed by atoms with Crippen LogP contribution in [0.5, 0.6) is 0 Å². The molecule has 1 atom stereocenters. The normalized spacial score (nSPS) is 15.2. The van der Waals surface area contributed by atoms with Crippen LogP contribution in [0.25, 0.3) is 11.0 Å². The number of imidazole rings is 1. The van der Waals surface area contributed by atoms with Crippen molar-refractivity contribution in [1.29, 1.82) is 0 Å². The van der Waals surface area contributed by atoms with E-state index in [4.69, 9.17) is 4.98 Å². The van der Waals surface area contributed by atoms with E-state index in [0.29, 0.717) is 19.4 Å². The molecular formula is C30H36N6O. The second kappa shape index (κ2) is 11.1. The number of hydrogen-bond acceptors (Lipinski definition) is 5. The molecule has 1 aliphatic heterocycles. The van der Waals surface area contributed by atoms with Crippen LogP contribution in [0.2, 0.25) is 0 Å². The minimum Gasteiger partial charge on any atom is -0.369 e. The topological polar surface area (TPSA) is 66.3 Å². The number of amides is 1. The Morgan fingerprint density at radius 2 is 1.73 bits per heavy atom. The van der Waals surface area contributed by atoms with E-state index in [0.717, 1.165) is 48.6 Å². The van der Waals surface area contributed by atoms with Gasteiger partial charge in [0.25, 0.3) is 0 Å². The molecule has 7 nitrogen and oxygen atoms in total. The number of carbonyl (C=O) groups is 1. The number of likely N-dealkylation sites (N-methyl/N-ethyl adjacent to an activating group) is 1. The van der Waals surface area contributed by atoms with Crippen LogP contribution in [0, 0.1) is 6.92 Å². The number of nitrogens with zero attached hydrogens (tertiary/aromatic N) is 5. The minimum absolute atomic E-state index is 0.0303. The van der Waals surface area contributed by atoms with Crippen molar-refractivity contribution in [2.45, 2.75) is 39.3 Å². The minimum atomic E-state index is -0.0513. The van der Waals surface area contributed by atoms with E-state index in [9.17, 15) is 4.79 Å². The van der Waals surface area contributed by atoms with E-state index in [2.05, 4.69) is 87.2 Å². The predicted octanol–water partition coefficient (Wildman–Crippen LogP) is 4.35. The zero-order valence-electron chi connectivity index (χ0n) is 22.0. The van der Waals surface area contributed by atoms with Crippen LogP contribution in [-0.4, -0.2) is 58.6 Å². The van der Waals surface area contributed by atoms with Gasteiger partial charge in [-0.25, -0.2) is 4.98 Å². The van der Waals surface area contributed by atoms with Crippen LogP contribution in [-0.2, 0) is 17.8 Å². The van der Waals surface area contributed by atoms with Gasteiger partial charge in [0.05, 0.1) is 23.3 Å². The number of carbonyl (C=O) groups excluding carboxylic acids is 1. The lowest BCUT2D eigenvalue weighted by molar-refractivity contribution is -0.121.